The molecule has 0 aliphatic heterocycles. The van der Waals surface area contributed by atoms with Gasteiger partial charge in [-0.1, -0.05) is 48.2 Å². The van der Waals surface area contributed by atoms with Gasteiger partial charge < -0.3 is 5.32 Å². The van der Waals surface area contributed by atoms with Crippen molar-refractivity contribution in [2.45, 2.75) is 25.4 Å². The molecular weight excluding hydrogens is 472 g/mol. The first-order valence-electron chi connectivity index (χ1n) is 11.3. The number of hydrogen-bond donors (Lipinski definition) is 1. The van der Waals surface area contributed by atoms with E-state index in [9.17, 15) is 9.59 Å². The standard InChI is InChI=1S/C27H22N6O2S/c1-17-6-5-9-22(18(17)2)32-25(35)21-7-3-4-8-23(21)33-26(32)30-31-27(33)36-16-24(34)29-20-12-10-19(11-13-20)14-15-28/h3-13H,14,16H2,1-2H3,(H,29,34). The van der Waals surface area contributed by atoms with E-state index in [0.29, 0.717) is 33.9 Å². The molecule has 36 heavy (non-hydrogen) atoms. The lowest BCUT2D eigenvalue weighted by Crippen LogP contribution is -2.22. The Balaban J connectivity index is 1.51. The van der Waals surface area contributed by atoms with Gasteiger partial charge in [-0.3, -0.25) is 14.0 Å². The maximum absolute atomic E-state index is 13.5. The van der Waals surface area contributed by atoms with Crippen molar-refractivity contribution in [3.63, 3.8) is 0 Å². The number of benzene rings is 3. The Morgan fingerprint density at radius 1 is 1.03 bits per heavy atom. The highest BCUT2D eigenvalue weighted by Crippen LogP contribution is 2.25. The number of thioether (sulfide) groups is 1. The molecular formula is C27H22N6O2S. The normalized spacial score (nSPS) is 11.0. The molecule has 3 aromatic carbocycles. The largest absolute Gasteiger partial charge is 0.325 e. The predicted octanol–water partition coefficient (Wildman–Crippen LogP) is 4.45. The number of para-hydroxylation sites is 1. The minimum atomic E-state index is -0.197. The quantitative estimate of drug-likeness (QED) is 0.350. The van der Waals surface area contributed by atoms with Gasteiger partial charge in [-0.15, -0.1) is 10.2 Å². The summed E-state index contributed by atoms with van der Waals surface area (Å²) in [5.41, 5.74) is 4.85. The average molecular weight is 495 g/mol. The topological polar surface area (TPSA) is 105 Å². The maximum Gasteiger partial charge on any atom is 0.267 e. The van der Waals surface area contributed by atoms with Crippen molar-refractivity contribution in [1.82, 2.24) is 19.2 Å². The molecule has 0 saturated carbocycles. The molecule has 0 aliphatic rings. The van der Waals surface area contributed by atoms with Crippen LogP contribution >= 0.6 is 11.8 Å². The van der Waals surface area contributed by atoms with Crippen LogP contribution in [0.3, 0.4) is 0 Å². The fourth-order valence-corrected chi connectivity index (χ4v) is 4.83. The van der Waals surface area contributed by atoms with E-state index in [0.717, 1.165) is 22.4 Å². The third-order valence-electron chi connectivity index (χ3n) is 6.06. The van der Waals surface area contributed by atoms with Crippen molar-refractivity contribution in [2.75, 3.05) is 11.1 Å². The smallest absolute Gasteiger partial charge is 0.267 e. The van der Waals surface area contributed by atoms with E-state index < -0.39 is 0 Å². The van der Waals surface area contributed by atoms with Crippen LogP contribution in [0.2, 0.25) is 0 Å². The zero-order valence-electron chi connectivity index (χ0n) is 19.7. The number of aryl methyl sites for hydroxylation is 1. The lowest BCUT2D eigenvalue weighted by Gasteiger charge is -2.14. The van der Waals surface area contributed by atoms with Crippen LogP contribution in [0.15, 0.2) is 76.7 Å². The SMILES string of the molecule is Cc1cccc(-n2c(=O)c3ccccc3n3c(SCC(=O)Nc4ccc(CC#N)cc4)nnc23)c1C. The Labute approximate surface area is 211 Å². The first kappa shape index (κ1) is 23.3. The fourth-order valence-electron chi connectivity index (χ4n) is 4.09. The Morgan fingerprint density at radius 2 is 1.81 bits per heavy atom. The number of carbonyl (C=O) groups excluding carboxylic acids is 1. The molecule has 178 valence electrons. The lowest BCUT2D eigenvalue weighted by molar-refractivity contribution is -0.113. The fraction of sp³-hybridized carbons (Fsp3) is 0.148. The highest BCUT2D eigenvalue weighted by atomic mass is 32.2. The zero-order chi connectivity index (χ0) is 25.2. The van der Waals surface area contributed by atoms with E-state index >= 15 is 0 Å². The molecule has 0 fully saturated rings. The van der Waals surface area contributed by atoms with Crippen LogP contribution < -0.4 is 10.9 Å². The summed E-state index contributed by atoms with van der Waals surface area (Å²) in [7, 11) is 0. The molecule has 0 aliphatic carbocycles. The van der Waals surface area contributed by atoms with Crippen LogP contribution in [0.1, 0.15) is 16.7 Å². The minimum absolute atomic E-state index is 0.109. The van der Waals surface area contributed by atoms with E-state index in [1.54, 1.807) is 22.8 Å². The van der Waals surface area contributed by atoms with Crippen LogP contribution in [-0.4, -0.2) is 30.8 Å². The molecule has 0 atom stereocenters. The van der Waals surface area contributed by atoms with E-state index in [-0.39, 0.29) is 17.2 Å². The Morgan fingerprint density at radius 3 is 2.58 bits per heavy atom. The number of nitriles is 1. The summed E-state index contributed by atoms with van der Waals surface area (Å²) in [4.78, 5) is 26.2. The second-order valence-corrected chi connectivity index (χ2v) is 9.31. The van der Waals surface area contributed by atoms with Crippen molar-refractivity contribution in [3.05, 3.63) is 93.8 Å². The monoisotopic (exact) mass is 494 g/mol. The van der Waals surface area contributed by atoms with Gasteiger partial charge in [0.2, 0.25) is 11.7 Å². The summed E-state index contributed by atoms with van der Waals surface area (Å²) in [6, 6.07) is 22.4. The second kappa shape index (κ2) is 9.68. The van der Waals surface area contributed by atoms with Gasteiger partial charge in [0.1, 0.15) is 0 Å². The Kier molecular flexibility index (Phi) is 6.27. The van der Waals surface area contributed by atoms with Crippen LogP contribution in [0.25, 0.3) is 22.4 Å². The molecule has 9 heteroatoms. The van der Waals surface area contributed by atoms with Crippen LogP contribution in [0.4, 0.5) is 5.69 Å². The molecule has 0 radical (unpaired) electrons. The molecule has 1 amide bonds. The van der Waals surface area contributed by atoms with Gasteiger partial charge in [-0.25, -0.2) is 4.57 Å². The van der Waals surface area contributed by atoms with Crippen LogP contribution in [-0.2, 0) is 11.2 Å². The summed E-state index contributed by atoms with van der Waals surface area (Å²) >= 11 is 1.25. The zero-order valence-corrected chi connectivity index (χ0v) is 20.5. The summed E-state index contributed by atoms with van der Waals surface area (Å²) in [5.74, 6) is 0.304. The van der Waals surface area contributed by atoms with Gasteiger partial charge in [0.15, 0.2) is 5.16 Å². The molecule has 0 saturated heterocycles. The number of aromatic nitrogens is 4. The highest BCUT2D eigenvalue weighted by molar-refractivity contribution is 7.99. The van der Waals surface area contributed by atoms with Gasteiger partial charge in [0.25, 0.3) is 5.56 Å². The number of nitrogens with zero attached hydrogens (tertiary/aromatic N) is 5. The van der Waals surface area contributed by atoms with Gasteiger partial charge in [-0.2, -0.15) is 5.26 Å². The number of rotatable bonds is 6. The lowest BCUT2D eigenvalue weighted by atomic mass is 10.1. The molecule has 8 nitrogen and oxygen atoms in total. The third-order valence-corrected chi connectivity index (χ3v) is 6.99. The number of nitrogens with one attached hydrogen (secondary N) is 1. The van der Waals surface area contributed by atoms with Gasteiger partial charge in [0.05, 0.1) is 34.8 Å². The van der Waals surface area contributed by atoms with E-state index in [1.165, 1.54) is 11.8 Å². The maximum atomic E-state index is 13.5. The number of fused-ring (bicyclic) bond motifs is 3. The minimum Gasteiger partial charge on any atom is -0.325 e. The number of anilines is 1. The van der Waals surface area contributed by atoms with Crippen molar-refractivity contribution < 1.29 is 4.79 Å². The van der Waals surface area contributed by atoms with Crippen molar-refractivity contribution in [3.8, 4) is 11.8 Å². The van der Waals surface area contributed by atoms with Gasteiger partial charge in [-0.05, 0) is 60.9 Å². The van der Waals surface area contributed by atoms with Gasteiger partial charge in [0, 0.05) is 5.69 Å². The number of carbonyl (C=O) groups is 1. The molecule has 0 spiro atoms. The average Bonchev–Trinajstić information content (AvgIpc) is 3.30. The first-order chi connectivity index (χ1) is 17.5. The van der Waals surface area contributed by atoms with Crippen molar-refractivity contribution in [1.29, 1.82) is 5.26 Å². The predicted molar refractivity (Wildman–Crippen MR) is 141 cm³/mol. The summed E-state index contributed by atoms with van der Waals surface area (Å²) in [5, 5.41) is 21.4. The first-order valence-corrected chi connectivity index (χ1v) is 12.3. The molecule has 2 aromatic heterocycles. The molecule has 0 bridgehead atoms. The number of amides is 1. The van der Waals surface area contributed by atoms with Crippen LogP contribution in [0, 0.1) is 25.2 Å². The summed E-state index contributed by atoms with van der Waals surface area (Å²) in [6.45, 7) is 3.98. The Hall–Kier alpha value is -4.42. The molecule has 2 heterocycles. The summed E-state index contributed by atoms with van der Waals surface area (Å²) < 4.78 is 3.41. The van der Waals surface area contributed by atoms with Crippen molar-refractivity contribution >= 4 is 40.0 Å². The second-order valence-electron chi connectivity index (χ2n) is 8.36. The highest BCUT2D eigenvalue weighted by Gasteiger charge is 2.19. The Bertz CT molecular complexity index is 1710. The molecule has 0 unspecified atom stereocenters. The van der Waals surface area contributed by atoms with E-state index in [1.807, 2.05) is 66.8 Å². The third kappa shape index (κ3) is 4.23. The van der Waals surface area contributed by atoms with E-state index in [2.05, 4.69) is 21.6 Å². The van der Waals surface area contributed by atoms with Crippen molar-refractivity contribution in [2.24, 2.45) is 0 Å². The van der Waals surface area contributed by atoms with E-state index in [4.69, 9.17) is 5.26 Å². The van der Waals surface area contributed by atoms with Crippen LogP contribution in [0.5, 0.6) is 0 Å². The number of hydrogen-bond acceptors (Lipinski definition) is 6. The van der Waals surface area contributed by atoms with Gasteiger partial charge >= 0.3 is 0 Å². The molecule has 5 rings (SSSR count). The molecule has 1 N–H and O–H groups in total. The molecule has 5 aromatic rings. The summed E-state index contributed by atoms with van der Waals surface area (Å²) in [6.07, 6.45) is 0.325.